The third kappa shape index (κ3) is 2.46. The standard InChI is InChI=1S/C12H6Cl2FNO/c13-7-1-2-8(10(14)5-7)9-3-4-12(15)16-11(9)6-17/h1-6H. The minimum Gasteiger partial charge on any atom is -0.296 e. The molecule has 5 heteroatoms. The zero-order valence-electron chi connectivity index (χ0n) is 8.45. The van der Waals surface area contributed by atoms with Crippen LogP contribution in [0, 0.1) is 5.95 Å². The number of rotatable bonds is 2. The van der Waals surface area contributed by atoms with Crippen LogP contribution in [0.3, 0.4) is 0 Å². The molecule has 0 spiro atoms. The van der Waals surface area contributed by atoms with Crippen LogP contribution in [0.25, 0.3) is 11.1 Å². The molecule has 0 aliphatic carbocycles. The number of nitrogens with zero attached hydrogens (tertiary/aromatic N) is 1. The summed E-state index contributed by atoms with van der Waals surface area (Å²) in [7, 11) is 0. The Morgan fingerprint density at radius 2 is 1.82 bits per heavy atom. The van der Waals surface area contributed by atoms with Gasteiger partial charge in [0.25, 0.3) is 0 Å². The van der Waals surface area contributed by atoms with Crippen LogP contribution in [0.5, 0.6) is 0 Å². The largest absolute Gasteiger partial charge is 0.296 e. The molecule has 0 saturated carbocycles. The first kappa shape index (κ1) is 12.0. The van der Waals surface area contributed by atoms with Gasteiger partial charge in [0.1, 0.15) is 5.69 Å². The van der Waals surface area contributed by atoms with Gasteiger partial charge in [-0.2, -0.15) is 4.39 Å². The van der Waals surface area contributed by atoms with Crippen LogP contribution in [-0.4, -0.2) is 11.3 Å². The van der Waals surface area contributed by atoms with E-state index in [-0.39, 0.29) is 5.69 Å². The monoisotopic (exact) mass is 269 g/mol. The average Bonchev–Trinajstić information content (AvgIpc) is 2.30. The summed E-state index contributed by atoms with van der Waals surface area (Å²) in [5, 5.41) is 0.871. The summed E-state index contributed by atoms with van der Waals surface area (Å²) < 4.78 is 12.9. The summed E-state index contributed by atoms with van der Waals surface area (Å²) in [6.45, 7) is 0. The molecule has 0 aliphatic heterocycles. The van der Waals surface area contributed by atoms with Crippen LogP contribution in [-0.2, 0) is 0 Å². The molecule has 86 valence electrons. The minimum atomic E-state index is -0.707. The van der Waals surface area contributed by atoms with E-state index in [0.717, 1.165) is 0 Å². The van der Waals surface area contributed by atoms with Gasteiger partial charge in [-0.15, -0.1) is 0 Å². The highest BCUT2D eigenvalue weighted by Gasteiger charge is 2.11. The molecule has 0 aliphatic rings. The Labute approximate surface area is 107 Å². The summed E-state index contributed by atoms with van der Waals surface area (Å²) in [6, 6.07) is 7.48. The van der Waals surface area contributed by atoms with Gasteiger partial charge in [0, 0.05) is 21.2 Å². The Hall–Kier alpha value is -1.45. The van der Waals surface area contributed by atoms with Crippen molar-refractivity contribution in [2.45, 2.75) is 0 Å². The molecule has 17 heavy (non-hydrogen) atoms. The van der Waals surface area contributed by atoms with Gasteiger partial charge in [0.05, 0.1) is 0 Å². The van der Waals surface area contributed by atoms with Gasteiger partial charge in [-0.25, -0.2) is 4.98 Å². The normalized spacial score (nSPS) is 10.3. The SMILES string of the molecule is O=Cc1nc(F)ccc1-c1ccc(Cl)cc1Cl. The number of benzene rings is 1. The first-order valence-electron chi connectivity index (χ1n) is 4.69. The van der Waals surface area contributed by atoms with Crippen molar-refractivity contribution in [2.75, 3.05) is 0 Å². The number of pyridine rings is 1. The highest BCUT2D eigenvalue weighted by atomic mass is 35.5. The predicted octanol–water partition coefficient (Wildman–Crippen LogP) is 4.01. The van der Waals surface area contributed by atoms with Gasteiger partial charge in [0.2, 0.25) is 5.95 Å². The Bertz CT molecular complexity index is 587. The van der Waals surface area contributed by atoms with Crippen molar-refractivity contribution < 1.29 is 9.18 Å². The molecule has 0 N–H and O–H groups in total. The van der Waals surface area contributed by atoms with E-state index in [2.05, 4.69) is 4.98 Å². The van der Waals surface area contributed by atoms with E-state index in [1.54, 1.807) is 18.2 Å². The highest BCUT2D eigenvalue weighted by molar-refractivity contribution is 6.36. The number of carbonyl (C=O) groups excluding carboxylic acids is 1. The van der Waals surface area contributed by atoms with Crippen LogP contribution < -0.4 is 0 Å². The topological polar surface area (TPSA) is 30.0 Å². The summed E-state index contributed by atoms with van der Waals surface area (Å²) in [6.07, 6.45) is 0.489. The van der Waals surface area contributed by atoms with E-state index in [4.69, 9.17) is 23.2 Å². The van der Waals surface area contributed by atoms with Crippen LogP contribution in [0.2, 0.25) is 10.0 Å². The second-order valence-corrected chi connectivity index (χ2v) is 4.15. The van der Waals surface area contributed by atoms with Crippen LogP contribution >= 0.6 is 23.2 Å². The summed E-state index contributed by atoms with van der Waals surface area (Å²) >= 11 is 11.8. The predicted molar refractivity (Wildman–Crippen MR) is 65.0 cm³/mol. The first-order valence-corrected chi connectivity index (χ1v) is 5.44. The maximum Gasteiger partial charge on any atom is 0.213 e. The van der Waals surface area contributed by atoms with E-state index < -0.39 is 5.95 Å². The van der Waals surface area contributed by atoms with Crippen molar-refractivity contribution in [1.82, 2.24) is 4.98 Å². The van der Waals surface area contributed by atoms with Gasteiger partial charge in [-0.3, -0.25) is 4.79 Å². The molecular weight excluding hydrogens is 264 g/mol. The first-order chi connectivity index (χ1) is 8.11. The molecule has 1 aromatic heterocycles. The molecule has 1 heterocycles. The third-order valence-corrected chi connectivity index (χ3v) is 2.77. The number of hydrogen-bond donors (Lipinski definition) is 0. The average molecular weight is 270 g/mol. The van der Waals surface area contributed by atoms with E-state index >= 15 is 0 Å². The van der Waals surface area contributed by atoms with E-state index in [9.17, 15) is 9.18 Å². The third-order valence-electron chi connectivity index (χ3n) is 2.22. The second-order valence-electron chi connectivity index (χ2n) is 3.31. The lowest BCUT2D eigenvalue weighted by Crippen LogP contribution is -1.95. The van der Waals surface area contributed by atoms with Gasteiger partial charge < -0.3 is 0 Å². The summed E-state index contributed by atoms with van der Waals surface area (Å²) in [5.41, 5.74) is 1.07. The van der Waals surface area contributed by atoms with Crippen molar-refractivity contribution in [3.8, 4) is 11.1 Å². The van der Waals surface area contributed by atoms with E-state index in [1.165, 1.54) is 12.1 Å². The Kier molecular flexibility index (Phi) is 3.41. The van der Waals surface area contributed by atoms with Crippen molar-refractivity contribution in [3.63, 3.8) is 0 Å². The smallest absolute Gasteiger partial charge is 0.213 e. The molecule has 1 aromatic carbocycles. The Morgan fingerprint density at radius 1 is 1.12 bits per heavy atom. The lowest BCUT2D eigenvalue weighted by Gasteiger charge is -2.06. The summed E-state index contributed by atoms with van der Waals surface area (Å²) in [4.78, 5) is 14.3. The fourth-order valence-corrected chi connectivity index (χ4v) is 1.99. The number of aldehydes is 1. The number of halogens is 3. The van der Waals surface area contributed by atoms with Crippen molar-refractivity contribution in [2.24, 2.45) is 0 Å². The summed E-state index contributed by atoms with van der Waals surface area (Å²) in [5.74, 6) is -0.707. The fraction of sp³-hybridized carbons (Fsp3) is 0. The quantitative estimate of drug-likeness (QED) is 0.609. The van der Waals surface area contributed by atoms with Gasteiger partial charge in [-0.05, 0) is 24.3 Å². The Balaban J connectivity index is 2.63. The molecule has 2 rings (SSSR count). The maximum atomic E-state index is 12.9. The van der Waals surface area contributed by atoms with Gasteiger partial charge >= 0.3 is 0 Å². The molecule has 2 aromatic rings. The lowest BCUT2D eigenvalue weighted by molar-refractivity contribution is 0.111. The van der Waals surface area contributed by atoms with Crippen molar-refractivity contribution >= 4 is 29.5 Å². The molecule has 0 fully saturated rings. The molecule has 0 unspecified atom stereocenters. The lowest BCUT2D eigenvalue weighted by atomic mass is 10.0. The fourth-order valence-electron chi connectivity index (χ4n) is 1.48. The number of hydrogen-bond acceptors (Lipinski definition) is 2. The Morgan fingerprint density at radius 3 is 2.47 bits per heavy atom. The second kappa shape index (κ2) is 4.82. The molecule has 2 nitrogen and oxygen atoms in total. The molecule has 0 bridgehead atoms. The zero-order chi connectivity index (χ0) is 12.4. The number of aromatic nitrogens is 1. The molecule has 0 saturated heterocycles. The van der Waals surface area contributed by atoms with Gasteiger partial charge in [0.15, 0.2) is 6.29 Å². The van der Waals surface area contributed by atoms with Crippen LogP contribution in [0.4, 0.5) is 4.39 Å². The van der Waals surface area contributed by atoms with Crippen molar-refractivity contribution in [3.05, 3.63) is 52.0 Å². The molecular formula is C12H6Cl2FNO. The minimum absolute atomic E-state index is 0.00854. The van der Waals surface area contributed by atoms with Gasteiger partial charge in [-0.1, -0.05) is 29.3 Å². The molecule has 0 amide bonds. The maximum absolute atomic E-state index is 12.9. The van der Waals surface area contributed by atoms with Crippen LogP contribution in [0.1, 0.15) is 10.5 Å². The van der Waals surface area contributed by atoms with E-state index in [1.807, 2.05) is 0 Å². The number of carbonyl (C=O) groups is 1. The van der Waals surface area contributed by atoms with Crippen LogP contribution in [0.15, 0.2) is 30.3 Å². The highest BCUT2D eigenvalue weighted by Crippen LogP contribution is 2.31. The van der Waals surface area contributed by atoms with Crippen molar-refractivity contribution in [1.29, 1.82) is 0 Å². The zero-order valence-corrected chi connectivity index (χ0v) is 9.97. The van der Waals surface area contributed by atoms with E-state index in [0.29, 0.717) is 27.5 Å². The molecule has 0 atom stereocenters. The molecule has 0 radical (unpaired) electrons.